The molecular formula is C17H13NO4. The third kappa shape index (κ3) is 2.13. The summed E-state index contributed by atoms with van der Waals surface area (Å²) < 4.78 is 0. The van der Waals surface area contributed by atoms with Gasteiger partial charge in [0.1, 0.15) is 0 Å². The van der Waals surface area contributed by atoms with Gasteiger partial charge in [-0.2, -0.15) is 0 Å². The molecule has 0 aliphatic carbocycles. The highest BCUT2D eigenvalue weighted by molar-refractivity contribution is 6.02. The summed E-state index contributed by atoms with van der Waals surface area (Å²) in [5, 5.41) is 19.7. The number of rotatable bonds is 3. The minimum absolute atomic E-state index is 0.00195. The van der Waals surface area contributed by atoms with Crippen molar-refractivity contribution in [2.45, 2.75) is 6.92 Å². The van der Waals surface area contributed by atoms with Gasteiger partial charge in [-0.05, 0) is 47.2 Å². The molecular weight excluding hydrogens is 282 g/mol. The first-order valence-corrected chi connectivity index (χ1v) is 6.66. The maximum absolute atomic E-state index is 11.6. The second-order valence-corrected chi connectivity index (χ2v) is 5.05. The molecule has 0 aliphatic rings. The first kappa shape index (κ1) is 13.9. The fourth-order valence-corrected chi connectivity index (χ4v) is 2.67. The molecule has 5 nitrogen and oxygen atoms in total. The van der Waals surface area contributed by atoms with Gasteiger partial charge in [-0.15, -0.1) is 0 Å². The lowest BCUT2D eigenvalue weighted by molar-refractivity contribution is 0.0696. The van der Waals surface area contributed by atoms with Gasteiger partial charge in [-0.1, -0.05) is 18.2 Å². The second kappa shape index (κ2) is 5.04. The predicted octanol–water partition coefficient (Wildman–Crippen LogP) is 3.54. The summed E-state index contributed by atoms with van der Waals surface area (Å²) in [7, 11) is 0. The molecule has 0 spiro atoms. The molecule has 0 fully saturated rings. The molecule has 0 aliphatic heterocycles. The Bertz CT molecular complexity index is 908. The lowest BCUT2D eigenvalue weighted by Gasteiger charge is -2.12. The van der Waals surface area contributed by atoms with Crippen LogP contribution in [-0.4, -0.2) is 27.1 Å². The number of benzene rings is 2. The molecule has 3 N–H and O–H groups in total. The Kier molecular flexibility index (Phi) is 3.18. The summed E-state index contributed by atoms with van der Waals surface area (Å²) in [5.41, 5.74) is 2.41. The fourth-order valence-electron chi connectivity index (χ4n) is 2.67. The van der Waals surface area contributed by atoms with E-state index in [0.29, 0.717) is 5.56 Å². The number of carbonyl (C=O) groups is 2. The van der Waals surface area contributed by atoms with Crippen LogP contribution in [0.5, 0.6) is 0 Å². The summed E-state index contributed by atoms with van der Waals surface area (Å²) >= 11 is 0. The molecule has 0 amide bonds. The van der Waals surface area contributed by atoms with Crippen molar-refractivity contribution in [3.05, 3.63) is 59.3 Å². The zero-order chi connectivity index (χ0) is 15.9. The third-order valence-electron chi connectivity index (χ3n) is 3.78. The number of aromatic nitrogens is 1. The van der Waals surface area contributed by atoms with E-state index >= 15 is 0 Å². The van der Waals surface area contributed by atoms with E-state index in [1.54, 1.807) is 6.07 Å². The van der Waals surface area contributed by atoms with E-state index in [-0.39, 0.29) is 16.7 Å². The van der Waals surface area contributed by atoms with E-state index in [0.717, 1.165) is 16.5 Å². The van der Waals surface area contributed by atoms with Crippen LogP contribution in [0.2, 0.25) is 0 Å². The SMILES string of the molecule is Cc1c(C(=O)O)ccc(-c2ccc3cc[nH]c3c2)c1C(=O)O. The standard InChI is InChI=1S/C17H13NO4/c1-9-12(16(19)20)4-5-13(15(9)17(21)22)11-3-2-10-6-7-18-14(10)8-11/h2-8,18H,1H3,(H,19,20)(H,21,22). The predicted molar refractivity (Wildman–Crippen MR) is 82.4 cm³/mol. The number of hydrogen-bond donors (Lipinski definition) is 3. The van der Waals surface area contributed by atoms with Crippen molar-refractivity contribution in [3.8, 4) is 11.1 Å². The number of fused-ring (bicyclic) bond motifs is 1. The zero-order valence-corrected chi connectivity index (χ0v) is 11.8. The highest BCUT2D eigenvalue weighted by Crippen LogP contribution is 2.30. The quantitative estimate of drug-likeness (QED) is 0.689. The Labute approximate surface area is 125 Å². The maximum Gasteiger partial charge on any atom is 0.336 e. The van der Waals surface area contributed by atoms with Crippen LogP contribution in [0.3, 0.4) is 0 Å². The van der Waals surface area contributed by atoms with Crippen molar-refractivity contribution in [1.29, 1.82) is 0 Å². The van der Waals surface area contributed by atoms with Crippen LogP contribution >= 0.6 is 0 Å². The molecule has 0 radical (unpaired) electrons. The van der Waals surface area contributed by atoms with Gasteiger partial charge in [-0.25, -0.2) is 9.59 Å². The largest absolute Gasteiger partial charge is 0.478 e. The van der Waals surface area contributed by atoms with Gasteiger partial charge in [0.05, 0.1) is 11.1 Å². The normalized spacial score (nSPS) is 10.8. The molecule has 0 saturated carbocycles. The summed E-state index contributed by atoms with van der Waals surface area (Å²) in [6.45, 7) is 1.52. The Hall–Kier alpha value is -3.08. The number of aromatic carboxylic acids is 2. The number of aromatic amines is 1. The lowest BCUT2D eigenvalue weighted by Crippen LogP contribution is -2.09. The van der Waals surface area contributed by atoms with E-state index < -0.39 is 11.9 Å². The highest BCUT2D eigenvalue weighted by Gasteiger charge is 2.20. The van der Waals surface area contributed by atoms with Gasteiger partial charge < -0.3 is 15.2 Å². The van der Waals surface area contributed by atoms with E-state index in [2.05, 4.69) is 4.98 Å². The van der Waals surface area contributed by atoms with Crippen molar-refractivity contribution < 1.29 is 19.8 Å². The van der Waals surface area contributed by atoms with Crippen LogP contribution in [0, 0.1) is 6.92 Å². The summed E-state index contributed by atoms with van der Waals surface area (Å²) in [4.78, 5) is 25.9. The van der Waals surface area contributed by atoms with Crippen LogP contribution in [0.15, 0.2) is 42.6 Å². The molecule has 0 bridgehead atoms. The van der Waals surface area contributed by atoms with Crippen molar-refractivity contribution >= 4 is 22.8 Å². The van der Waals surface area contributed by atoms with Crippen molar-refractivity contribution in [2.75, 3.05) is 0 Å². The molecule has 22 heavy (non-hydrogen) atoms. The minimum atomic E-state index is -1.14. The second-order valence-electron chi connectivity index (χ2n) is 5.05. The van der Waals surface area contributed by atoms with Crippen molar-refractivity contribution in [2.24, 2.45) is 0 Å². The van der Waals surface area contributed by atoms with Crippen LogP contribution < -0.4 is 0 Å². The first-order chi connectivity index (χ1) is 10.5. The third-order valence-corrected chi connectivity index (χ3v) is 3.78. The zero-order valence-electron chi connectivity index (χ0n) is 11.8. The van der Waals surface area contributed by atoms with E-state index in [1.807, 2.05) is 30.5 Å². The summed E-state index contributed by atoms with van der Waals surface area (Å²) in [5.74, 6) is -2.27. The molecule has 3 rings (SSSR count). The van der Waals surface area contributed by atoms with E-state index in [1.165, 1.54) is 13.0 Å². The van der Waals surface area contributed by atoms with Gasteiger partial charge >= 0.3 is 11.9 Å². The fraction of sp³-hybridized carbons (Fsp3) is 0.0588. The van der Waals surface area contributed by atoms with Gasteiger partial charge in [0.25, 0.3) is 0 Å². The molecule has 110 valence electrons. The Morgan fingerprint density at radius 2 is 1.77 bits per heavy atom. The molecule has 1 heterocycles. The summed E-state index contributed by atoms with van der Waals surface area (Å²) in [6.07, 6.45) is 1.81. The maximum atomic E-state index is 11.6. The molecule has 0 saturated heterocycles. The van der Waals surface area contributed by atoms with Crippen LogP contribution in [0.1, 0.15) is 26.3 Å². The van der Waals surface area contributed by atoms with E-state index in [9.17, 15) is 14.7 Å². The van der Waals surface area contributed by atoms with Gasteiger partial charge in [-0.3, -0.25) is 0 Å². The number of hydrogen-bond acceptors (Lipinski definition) is 2. The molecule has 0 unspecified atom stereocenters. The Morgan fingerprint density at radius 1 is 1.00 bits per heavy atom. The molecule has 1 aromatic heterocycles. The topological polar surface area (TPSA) is 90.4 Å². The van der Waals surface area contributed by atoms with Crippen LogP contribution in [-0.2, 0) is 0 Å². The molecule has 5 heteroatoms. The smallest absolute Gasteiger partial charge is 0.336 e. The van der Waals surface area contributed by atoms with Gasteiger partial charge in [0.2, 0.25) is 0 Å². The van der Waals surface area contributed by atoms with E-state index in [4.69, 9.17) is 5.11 Å². The van der Waals surface area contributed by atoms with Crippen LogP contribution in [0.4, 0.5) is 0 Å². The van der Waals surface area contributed by atoms with Gasteiger partial charge in [0.15, 0.2) is 0 Å². The average Bonchev–Trinajstić information content (AvgIpc) is 2.93. The Morgan fingerprint density at radius 3 is 2.45 bits per heavy atom. The number of H-pyrrole nitrogens is 1. The average molecular weight is 295 g/mol. The van der Waals surface area contributed by atoms with Crippen molar-refractivity contribution in [1.82, 2.24) is 4.98 Å². The highest BCUT2D eigenvalue weighted by atomic mass is 16.4. The first-order valence-electron chi connectivity index (χ1n) is 6.66. The monoisotopic (exact) mass is 295 g/mol. The minimum Gasteiger partial charge on any atom is -0.478 e. The molecule has 3 aromatic rings. The molecule has 2 aromatic carbocycles. The number of carboxylic acids is 2. The Balaban J connectivity index is 2.27. The number of nitrogens with one attached hydrogen (secondary N) is 1. The number of carboxylic acid groups (broad SMARTS) is 2. The molecule has 0 atom stereocenters. The van der Waals surface area contributed by atoms with Gasteiger partial charge in [0, 0.05) is 11.7 Å². The summed E-state index contributed by atoms with van der Waals surface area (Å²) in [6, 6.07) is 10.5. The van der Waals surface area contributed by atoms with Crippen LogP contribution in [0.25, 0.3) is 22.0 Å². The van der Waals surface area contributed by atoms with Crippen molar-refractivity contribution in [3.63, 3.8) is 0 Å². The lowest BCUT2D eigenvalue weighted by atomic mass is 9.92.